The van der Waals surface area contributed by atoms with Crippen LogP contribution < -0.4 is 0 Å². The highest BCUT2D eigenvalue weighted by Gasteiger charge is 2.16. The summed E-state index contributed by atoms with van der Waals surface area (Å²) in [5.74, 6) is 0. The minimum atomic E-state index is -0.397. The van der Waals surface area contributed by atoms with Gasteiger partial charge in [-0.15, -0.1) is 0 Å². The van der Waals surface area contributed by atoms with Crippen LogP contribution in [0.1, 0.15) is 89.9 Å². The summed E-state index contributed by atoms with van der Waals surface area (Å²) in [5.41, 5.74) is 0.928. The molecule has 0 radical (unpaired) electrons. The molecule has 3 nitrogen and oxygen atoms in total. The Hall–Kier alpha value is -0.350. The third kappa shape index (κ3) is 6.96. The van der Waals surface area contributed by atoms with E-state index >= 15 is 0 Å². The highest BCUT2D eigenvalue weighted by molar-refractivity contribution is 9.10. The standard InChI is InChI=1S/C17H31BrN2O/c1-3-5-6-7-8-9-10-11-12-13-16(21)17-15(18)14-19-20(17)4-2/h14,16,21H,3-13H2,1-2H3. The summed E-state index contributed by atoms with van der Waals surface area (Å²) < 4.78 is 2.80. The molecular formula is C17H31BrN2O. The zero-order valence-electron chi connectivity index (χ0n) is 13.7. The number of hydrogen-bond donors (Lipinski definition) is 1. The fraction of sp³-hybridized carbons (Fsp3) is 0.824. The van der Waals surface area contributed by atoms with E-state index in [0.717, 1.165) is 29.6 Å². The monoisotopic (exact) mass is 358 g/mol. The molecule has 1 N–H and O–H groups in total. The molecule has 0 bridgehead atoms. The number of aliphatic hydroxyl groups is 1. The van der Waals surface area contributed by atoms with E-state index in [1.165, 1.54) is 51.4 Å². The van der Waals surface area contributed by atoms with Crippen molar-refractivity contribution in [1.82, 2.24) is 9.78 Å². The Labute approximate surface area is 138 Å². The van der Waals surface area contributed by atoms with E-state index in [1.54, 1.807) is 6.20 Å². The first-order chi connectivity index (χ1) is 10.2. The lowest BCUT2D eigenvalue weighted by atomic mass is 10.0. The van der Waals surface area contributed by atoms with Gasteiger partial charge in [-0.3, -0.25) is 4.68 Å². The molecule has 1 rings (SSSR count). The van der Waals surface area contributed by atoms with Gasteiger partial charge in [0.1, 0.15) is 0 Å². The number of unbranched alkanes of at least 4 members (excludes halogenated alkanes) is 8. The molecule has 1 heterocycles. The molecule has 0 aliphatic carbocycles. The van der Waals surface area contributed by atoms with Crippen molar-refractivity contribution in [2.24, 2.45) is 0 Å². The van der Waals surface area contributed by atoms with Crippen molar-refractivity contribution in [3.63, 3.8) is 0 Å². The Kier molecular flexibility index (Phi) is 10.0. The molecule has 0 saturated heterocycles. The fourth-order valence-corrected chi connectivity index (χ4v) is 3.30. The second-order valence-corrected chi connectivity index (χ2v) is 6.68. The lowest BCUT2D eigenvalue weighted by Crippen LogP contribution is -2.08. The normalized spacial score (nSPS) is 12.8. The van der Waals surface area contributed by atoms with Crippen LogP contribution in [0.4, 0.5) is 0 Å². The van der Waals surface area contributed by atoms with E-state index in [9.17, 15) is 5.11 Å². The molecular weight excluding hydrogens is 328 g/mol. The molecule has 122 valence electrons. The van der Waals surface area contributed by atoms with Crippen molar-refractivity contribution in [2.45, 2.75) is 90.7 Å². The molecule has 0 aliphatic heterocycles. The predicted molar refractivity (Wildman–Crippen MR) is 92.4 cm³/mol. The number of rotatable bonds is 12. The van der Waals surface area contributed by atoms with Crippen LogP contribution in [0.15, 0.2) is 10.7 Å². The summed E-state index contributed by atoms with van der Waals surface area (Å²) in [7, 11) is 0. The molecule has 4 heteroatoms. The first-order valence-electron chi connectivity index (χ1n) is 8.60. The Balaban J connectivity index is 2.11. The zero-order chi connectivity index (χ0) is 15.5. The molecule has 1 aromatic rings. The average Bonchev–Trinajstić information content (AvgIpc) is 2.86. The molecule has 0 spiro atoms. The van der Waals surface area contributed by atoms with Crippen LogP contribution in [0.2, 0.25) is 0 Å². The van der Waals surface area contributed by atoms with Crippen LogP contribution in [0, 0.1) is 0 Å². The topological polar surface area (TPSA) is 38.1 Å². The maximum Gasteiger partial charge on any atom is 0.0968 e. The van der Waals surface area contributed by atoms with E-state index < -0.39 is 6.10 Å². The summed E-state index contributed by atoms with van der Waals surface area (Å²) >= 11 is 3.48. The molecule has 0 aliphatic rings. The van der Waals surface area contributed by atoms with Gasteiger partial charge >= 0.3 is 0 Å². The van der Waals surface area contributed by atoms with E-state index in [1.807, 2.05) is 11.6 Å². The largest absolute Gasteiger partial charge is 0.387 e. The van der Waals surface area contributed by atoms with Gasteiger partial charge in [-0.1, -0.05) is 64.7 Å². The Morgan fingerprint density at radius 2 is 1.62 bits per heavy atom. The van der Waals surface area contributed by atoms with Crippen LogP contribution in [0.3, 0.4) is 0 Å². The van der Waals surface area contributed by atoms with Crippen molar-refractivity contribution in [3.05, 3.63) is 16.4 Å². The third-order valence-corrected chi connectivity index (χ3v) is 4.64. The second kappa shape index (κ2) is 11.2. The summed E-state index contributed by atoms with van der Waals surface area (Å²) in [4.78, 5) is 0. The maximum absolute atomic E-state index is 10.3. The van der Waals surface area contributed by atoms with Crippen molar-refractivity contribution in [1.29, 1.82) is 0 Å². The number of aliphatic hydroxyl groups excluding tert-OH is 1. The van der Waals surface area contributed by atoms with E-state index in [4.69, 9.17) is 0 Å². The average molecular weight is 359 g/mol. The Morgan fingerprint density at radius 1 is 1.05 bits per heavy atom. The number of aromatic nitrogens is 2. The van der Waals surface area contributed by atoms with E-state index in [0.29, 0.717) is 0 Å². The Bertz CT molecular complexity index is 379. The van der Waals surface area contributed by atoms with Gasteiger partial charge in [0.2, 0.25) is 0 Å². The lowest BCUT2D eigenvalue weighted by Gasteiger charge is -2.13. The van der Waals surface area contributed by atoms with Gasteiger partial charge in [0.25, 0.3) is 0 Å². The maximum atomic E-state index is 10.3. The van der Waals surface area contributed by atoms with Crippen LogP contribution in [0.5, 0.6) is 0 Å². The summed E-state index contributed by atoms with van der Waals surface area (Å²) in [6.07, 6.45) is 14.0. The third-order valence-electron chi connectivity index (χ3n) is 4.03. The summed E-state index contributed by atoms with van der Waals surface area (Å²) in [6, 6.07) is 0. The molecule has 1 aromatic heterocycles. The molecule has 1 atom stereocenters. The van der Waals surface area contributed by atoms with Crippen molar-refractivity contribution in [3.8, 4) is 0 Å². The minimum Gasteiger partial charge on any atom is -0.387 e. The zero-order valence-corrected chi connectivity index (χ0v) is 15.2. The molecule has 1 unspecified atom stereocenters. The van der Waals surface area contributed by atoms with Gasteiger partial charge in [0, 0.05) is 6.54 Å². The van der Waals surface area contributed by atoms with Crippen LogP contribution >= 0.6 is 15.9 Å². The molecule has 0 saturated carbocycles. The number of nitrogens with zero attached hydrogens (tertiary/aromatic N) is 2. The first kappa shape index (κ1) is 18.7. The van der Waals surface area contributed by atoms with Gasteiger partial charge in [-0.2, -0.15) is 5.10 Å². The lowest BCUT2D eigenvalue weighted by molar-refractivity contribution is 0.152. The highest BCUT2D eigenvalue weighted by atomic mass is 79.9. The van der Waals surface area contributed by atoms with Gasteiger partial charge in [-0.25, -0.2) is 0 Å². The van der Waals surface area contributed by atoms with E-state index in [2.05, 4.69) is 28.0 Å². The summed E-state index contributed by atoms with van der Waals surface area (Å²) in [5, 5.41) is 14.6. The van der Waals surface area contributed by atoms with Gasteiger partial charge in [0.05, 0.1) is 22.5 Å². The van der Waals surface area contributed by atoms with E-state index in [-0.39, 0.29) is 0 Å². The SMILES string of the molecule is CCCCCCCCCCCC(O)c1c(Br)cnn1CC. The quantitative estimate of drug-likeness (QED) is 0.492. The summed E-state index contributed by atoms with van der Waals surface area (Å²) in [6.45, 7) is 5.11. The smallest absolute Gasteiger partial charge is 0.0968 e. The number of halogens is 1. The molecule has 21 heavy (non-hydrogen) atoms. The van der Waals surface area contributed by atoms with Crippen LogP contribution in [0.25, 0.3) is 0 Å². The molecule has 0 aromatic carbocycles. The molecule has 0 amide bonds. The number of aryl methyl sites for hydroxylation is 1. The highest BCUT2D eigenvalue weighted by Crippen LogP contribution is 2.27. The first-order valence-corrected chi connectivity index (χ1v) is 9.39. The minimum absolute atomic E-state index is 0.397. The second-order valence-electron chi connectivity index (χ2n) is 5.83. The van der Waals surface area contributed by atoms with Crippen LogP contribution in [-0.2, 0) is 6.54 Å². The van der Waals surface area contributed by atoms with Crippen molar-refractivity contribution < 1.29 is 5.11 Å². The van der Waals surface area contributed by atoms with Gasteiger partial charge in [0.15, 0.2) is 0 Å². The Morgan fingerprint density at radius 3 is 2.19 bits per heavy atom. The predicted octanol–water partition coefficient (Wildman–Crippen LogP) is 5.62. The van der Waals surface area contributed by atoms with Crippen molar-refractivity contribution in [2.75, 3.05) is 0 Å². The number of hydrogen-bond acceptors (Lipinski definition) is 2. The van der Waals surface area contributed by atoms with Crippen molar-refractivity contribution >= 4 is 15.9 Å². The van der Waals surface area contributed by atoms with Gasteiger partial charge in [-0.05, 0) is 29.3 Å². The van der Waals surface area contributed by atoms with Gasteiger partial charge < -0.3 is 5.11 Å². The fourth-order valence-electron chi connectivity index (χ4n) is 2.74. The molecule has 0 fully saturated rings. The van der Waals surface area contributed by atoms with Crippen LogP contribution in [-0.4, -0.2) is 14.9 Å².